The number of thioether (sulfide) groups is 1. The van der Waals surface area contributed by atoms with E-state index in [1.54, 1.807) is 31.4 Å². The number of methoxy groups -OCH3 is 1. The number of hydrogen-bond acceptors (Lipinski definition) is 8. The average Bonchev–Trinajstić information content (AvgIpc) is 3.10. The number of carbonyl (C=O) groups is 2. The number of hydrogen-bond donors (Lipinski definition) is 4. The molecular weight excluding hydrogens is 418 g/mol. The normalized spacial score (nSPS) is 10.4. The minimum absolute atomic E-state index is 0.103. The molecule has 10 nitrogen and oxygen atoms in total. The van der Waals surface area contributed by atoms with E-state index >= 15 is 0 Å². The topological polar surface area (TPSA) is 136 Å². The zero-order valence-electron chi connectivity index (χ0n) is 17.1. The first-order valence-electron chi connectivity index (χ1n) is 9.32. The third-order valence-electron chi connectivity index (χ3n) is 4.07. The number of benzene rings is 2. The van der Waals surface area contributed by atoms with E-state index < -0.39 is 0 Å². The number of amides is 2. The Kier molecular flexibility index (Phi) is 7.33. The van der Waals surface area contributed by atoms with Gasteiger partial charge in [-0.1, -0.05) is 17.8 Å². The fourth-order valence-electron chi connectivity index (χ4n) is 2.62. The Morgan fingerprint density at radius 1 is 1.06 bits per heavy atom. The van der Waals surface area contributed by atoms with Crippen LogP contribution < -0.4 is 26.5 Å². The Morgan fingerprint density at radius 2 is 1.77 bits per heavy atom. The lowest BCUT2D eigenvalue weighted by Crippen LogP contribution is -2.18. The summed E-state index contributed by atoms with van der Waals surface area (Å²) in [7, 11) is 1.61. The molecule has 31 heavy (non-hydrogen) atoms. The summed E-state index contributed by atoms with van der Waals surface area (Å²) in [6.45, 7) is 1.80. The number of ether oxygens (including phenoxy) is 1. The molecule has 0 aliphatic heterocycles. The van der Waals surface area contributed by atoms with Crippen molar-refractivity contribution < 1.29 is 14.3 Å². The van der Waals surface area contributed by atoms with Crippen LogP contribution in [0.15, 0.2) is 53.7 Å². The Morgan fingerprint density at radius 3 is 2.45 bits per heavy atom. The van der Waals surface area contributed by atoms with Crippen LogP contribution in [0, 0.1) is 0 Å². The Hall–Kier alpha value is -3.73. The molecule has 1 heterocycles. The van der Waals surface area contributed by atoms with E-state index in [9.17, 15) is 9.59 Å². The second-order valence-corrected chi connectivity index (χ2v) is 7.39. The van der Waals surface area contributed by atoms with Gasteiger partial charge in [0.25, 0.3) is 0 Å². The van der Waals surface area contributed by atoms with Crippen LogP contribution in [0.5, 0.6) is 5.75 Å². The number of aromatic nitrogens is 3. The van der Waals surface area contributed by atoms with Gasteiger partial charge in [0.1, 0.15) is 5.75 Å². The summed E-state index contributed by atoms with van der Waals surface area (Å²) in [5.41, 5.74) is 2.07. The number of carbonyl (C=O) groups excluding carboxylic acids is 2. The predicted molar refractivity (Wildman–Crippen MR) is 121 cm³/mol. The Bertz CT molecular complexity index is 1050. The molecule has 11 heteroatoms. The lowest BCUT2D eigenvalue weighted by molar-refractivity contribution is -0.114. The van der Waals surface area contributed by atoms with Gasteiger partial charge in [-0.25, -0.2) is 4.68 Å². The fraction of sp³-hybridized carbons (Fsp3) is 0.200. The molecule has 0 radical (unpaired) electrons. The summed E-state index contributed by atoms with van der Waals surface area (Å²) in [6, 6.07) is 14.4. The molecular formula is C20H23N7O3S. The van der Waals surface area contributed by atoms with Crippen LogP contribution in [0.1, 0.15) is 12.7 Å². The van der Waals surface area contributed by atoms with Crippen LogP contribution in [0.3, 0.4) is 0 Å². The highest BCUT2D eigenvalue weighted by Gasteiger charge is 2.12. The van der Waals surface area contributed by atoms with Gasteiger partial charge in [0, 0.05) is 24.0 Å². The maximum Gasteiger partial charge on any atom is 0.234 e. The maximum atomic E-state index is 12.3. The highest BCUT2D eigenvalue weighted by atomic mass is 32.2. The number of rotatable bonds is 9. The van der Waals surface area contributed by atoms with E-state index in [1.807, 2.05) is 24.3 Å². The molecule has 0 saturated carbocycles. The van der Waals surface area contributed by atoms with Crippen LogP contribution in [-0.2, 0) is 16.1 Å². The van der Waals surface area contributed by atoms with Gasteiger partial charge >= 0.3 is 0 Å². The van der Waals surface area contributed by atoms with Crippen molar-refractivity contribution in [1.82, 2.24) is 14.9 Å². The van der Waals surface area contributed by atoms with Gasteiger partial charge in [-0.15, -0.1) is 10.2 Å². The number of anilines is 3. The third kappa shape index (κ3) is 6.37. The van der Waals surface area contributed by atoms with Crippen molar-refractivity contribution in [2.45, 2.75) is 18.6 Å². The zero-order chi connectivity index (χ0) is 22.2. The van der Waals surface area contributed by atoms with Gasteiger partial charge in [0.05, 0.1) is 19.4 Å². The molecule has 2 amide bonds. The summed E-state index contributed by atoms with van der Waals surface area (Å²) in [4.78, 5) is 23.4. The average molecular weight is 442 g/mol. The second-order valence-electron chi connectivity index (χ2n) is 6.45. The standard InChI is InChI=1S/C20H23N7O3S/c1-13(28)23-15-4-3-5-16(10-15)24-19(29)12-31-20-26-25-18(27(20)21)11-22-14-6-8-17(30-2)9-7-14/h3-10,22H,11-12,21H2,1-2H3,(H,23,28)(H,24,29). The molecule has 0 aliphatic rings. The van der Waals surface area contributed by atoms with E-state index in [-0.39, 0.29) is 17.6 Å². The SMILES string of the molecule is COc1ccc(NCc2nnc(SCC(=O)Nc3cccc(NC(C)=O)c3)n2N)cc1. The van der Waals surface area contributed by atoms with Crippen molar-refractivity contribution in [3.05, 3.63) is 54.4 Å². The number of nitrogens with zero attached hydrogens (tertiary/aromatic N) is 3. The monoisotopic (exact) mass is 441 g/mol. The quantitative estimate of drug-likeness (QED) is 0.293. The maximum absolute atomic E-state index is 12.3. The molecule has 0 fully saturated rings. The van der Waals surface area contributed by atoms with Crippen molar-refractivity contribution in [3.8, 4) is 5.75 Å². The molecule has 2 aromatic carbocycles. The molecule has 5 N–H and O–H groups in total. The van der Waals surface area contributed by atoms with E-state index in [2.05, 4.69) is 26.1 Å². The highest BCUT2D eigenvalue weighted by Crippen LogP contribution is 2.19. The van der Waals surface area contributed by atoms with Gasteiger partial charge < -0.3 is 26.5 Å². The van der Waals surface area contributed by atoms with Gasteiger partial charge in [-0.2, -0.15) is 0 Å². The van der Waals surface area contributed by atoms with Crippen molar-refractivity contribution >= 4 is 40.6 Å². The smallest absolute Gasteiger partial charge is 0.234 e. The Labute approximate surface area is 183 Å². The van der Waals surface area contributed by atoms with Crippen LogP contribution >= 0.6 is 11.8 Å². The molecule has 0 unspecified atom stereocenters. The molecule has 3 aromatic rings. The van der Waals surface area contributed by atoms with E-state index in [0.717, 1.165) is 11.4 Å². The fourth-order valence-corrected chi connectivity index (χ4v) is 3.30. The van der Waals surface area contributed by atoms with Crippen molar-refractivity contribution in [1.29, 1.82) is 0 Å². The van der Waals surface area contributed by atoms with E-state index in [0.29, 0.717) is 28.9 Å². The molecule has 0 bridgehead atoms. The van der Waals surface area contributed by atoms with Crippen molar-refractivity contribution in [2.75, 3.05) is 34.7 Å². The number of nitrogens with two attached hydrogens (primary N) is 1. The first kappa shape index (κ1) is 22.0. The Balaban J connectivity index is 1.51. The largest absolute Gasteiger partial charge is 0.497 e. The van der Waals surface area contributed by atoms with Gasteiger partial charge in [-0.3, -0.25) is 9.59 Å². The minimum Gasteiger partial charge on any atom is -0.497 e. The van der Waals surface area contributed by atoms with Crippen molar-refractivity contribution in [2.24, 2.45) is 0 Å². The van der Waals surface area contributed by atoms with Crippen LogP contribution in [-0.4, -0.2) is 39.6 Å². The molecule has 0 atom stereocenters. The van der Waals surface area contributed by atoms with E-state index in [4.69, 9.17) is 10.6 Å². The molecule has 0 spiro atoms. The first-order chi connectivity index (χ1) is 14.9. The lowest BCUT2D eigenvalue weighted by atomic mass is 10.2. The van der Waals surface area contributed by atoms with Gasteiger partial charge in [-0.05, 0) is 42.5 Å². The summed E-state index contributed by atoms with van der Waals surface area (Å²) in [5, 5.41) is 17.2. The molecule has 0 aliphatic carbocycles. The zero-order valence-corrected chi connectivity index (χ0v) is 17.9. The summed E-state index contributed by atoms with van der Waals surface area (Å²) >= 11 is 1.17. The van der Waals surface area contributed by atoms with Crippen molar-refractivity contribution in [3.63, 3.8) is 0 Å². The third-order valence-corrected chi connectivity index (χ3v) is 5.02. The molecule has 162 valence electrons. The number of nitrogens with one attached hydrogen (secondary N) is 3. The molecule has 3 rings (SSSR count). The summed E-state index contributed by atoms with van der Waals surface area (Å²) in [6.07, 6.45) is 0. The first-order valence-corrected chi connectivity index (χ1v) is 10.3. The summed E-state index contributed by atoms with van der Waals surface area (Å²) < 4.78 is 6.49. The second kappa shape index (κ2) is 10.3. The van der Waals surface area contributed by atoms with Crippen LogP contribution in [0.25, 0.3) is 0 Å². The van der Waals surface area contributed by atoms with Gasteiger partial charge in [0.2, 0.25) is 17.0 Å². The number of nitrogen functional groups attached to an aromatic ring is 1. The molecule has 0 saturated heterocycles. The highest BCUT2D eigenvalue weighted by molar-refractivity contribution is 7.99. The predicted octanol–water partition coefficient (Wildman–Crippen LogP) is 2.30. The van der Waals surface area contributed by atoms with Crippen LogP contribution in [0.2, 0.25) is 0 Å². The lowest BCUT2D eigenvalue weighted by Gasteiger charge is -2.08. The minimum atomic E-state index is -0.231. The molecule has 1 aromatic heterocycles. The summed E-state index contributed by atoms with van der Waals surface area (Å²) in [5.74, 6) is 7.05. The van der Waals surface area contributed by atoms with Crippen LogP contribution in [0.4, 0.5) is 17.1 Å². The van der Waals surface area contributed by atoms with E-state index in [1.165, 1.54) is 23.4 Å². The van der Waals surface area contributed by atoms with Gasteiger partial charge in [0.15, 0.2) is 5.82 Å².